The average molecular weight is 351 g/mol. The minimum absolute atomic E-state index is 0. The standard InChI is InChI=1S/C16H35N.3ClH/c1-2-3-4-5-6-7-8-9-10-11-12-13-14-15-16-17;;;/h2-17H2,1H3;3*1H. The zero-order chi connectivity index (χ0) is 12.6. The maximum atomic E-state index is 5.47. The summed E-state index contributed by atoms with van der Waals surface area (Å²) in [6.45, 7) is 3.16. The summed E-state index contributed by atoms with van der Waals surface area (Å²) in [5.41, 5.74) is 5.47. The van der Waals surface area contributed by atoms with Gasteiger partial charge in [-0.3, -0.25) is 0 Å². The molecule has 0 bridgehead atoms. The van der Waals surface area contributed by atoms with Crippen molar-refractivity contribution in [3.8, 4) is 0 Å². The van der Waals surface area contributed by atoms with Crippen molar-refractivity contribution in [2.45, 2.75) is 96.8 Å². The normalized spacial score (nSPS) is 9.30. The highest BCUT2D eigenvalue weighted by Gasteiger charge is 1.93. The van der Waals surface area contributed by atoms with E-state index < -0.39 is 0 Å². The summed E-state index contributed by atoms with van der Waals surface area (Å²) in [4.78, 5) is 0. The molecule has 0 saturated carbocycles. The van der Waals surface area contributed by atoms with Gasteiger partial charge < -0.3 is 5.73 Å². The molecule has 0 atom stereocenters. The molecule has 0 aliphatic carbocycles. The lowest BCUT2D eigenvalue weighted by Gasteiger charge is -2.02. The van der Waals surface area contributed by atoms with Crippen LogP contribution >= 0.6 is 37.2 Å². The first-order valence-electron chi connectivity index (χ1n) is 8.12. The lowest BCUT2D eigenvalue weighted by Crippen LogP contribution is -1.97. The molecule has 2 N–H and O–H groups in total. The molecule has 0 radical (unpaired) electrons. The van der Waals surface area contributed by atoms with Gasteiger partial charge in [-0.25, -0.2) is 0 Å². The van der Waals surface area contributed by atoms with Crippen molar-refractivity contribution in [1.29, 1.82) is 0 Å². The molecular formula is C16H38Cl3N. The quantitative estimate of drug-likeness (QED) is 0.347. The van der Waals surface area contributed by atoms with Gasteiger partial charge in [-0.05, 0) is 13.0 Å². The van der Waals surface area contributed by atoms with E-state index in [0.717, 1.165) is 6.54 Å². The van der Waals surface area contributed by atoms with Crippen molar-refractivity contribution in [3.05, 3.63) is 0 Å². The van der Waals surface area contributed by atoms with Crippen LogP contribution in [-0.4, -0.2) is 6.54 Å². The lowest BCUT2D eigenvalue weighted by atomic mass is 10.0. The van der Waals surface area contributed by atoms with Gasteiger partial charge in [0.2, 0.25) is 0 Å². The van der Waals surface area contributed by atoms with Crippen LogP contribution in [0.1, 0.15) is 96.8 Å². The van der Waals surface area contributed by atoms with E-state index in [2.05, 4.69) is 6.92 Å². The van der Waals surface area contributed by atoms with E-state index in [9.17, 15) is 0 Å². The molecule has 0 unspecified atom stereocenters. The van der Waals surface area contributed by atoms with Gasteiger partial charge in [0, 0.05) is 0 Å². The summed E-state index contributed by atoms with van der Waals surface area (Å²) >= 11 is 0. The van der Waals surface area contributed by atoms with E-state index in [1.807, 2.05) is 0 Å². The fraction of sp³-hybridized carbons (Fsp3) is 1.00. The molecule has 0 aromatic carbocycles. The molecule has 0 aromatic heterocycles. The molecule has 0 amide bonds. The third-order valence-electron chi connectivity index (χ3n) is 3.56. The minimum Gasteiger partial charge on any atom is -0.330 e. The number of hydrogen-bond acceptors (Lipinski definition) is 1. The second kappa shape index (κ2) is 28.1. The Bertz CT molecular complexity index is 121. The Hall–Kier alpha value is 0.830. The van der Waals surface area contributed by atoms with Crippen LogP contribution in [0.3, 0.4) is 0 Å². The molecule has 0 aliphatic heterocycles. The number of nitrogens with two attached hydrogens (primary N) is 1. The van der Waals surface area contributed by atoms with E-state index >= 15 is 0 Å². The zero-order valence-corrected chi connectivity index (χ0v) is 15.9. The van der Waals surface area contributed by atoms with E-state index in [-0.39, 0.29) is 37.2 Å². The fourth-order valence-electron chi connectivity index (χ4n) is 2.34. The number of unbranched alkanes of at least 4 members (excludes halogenated alkanes) is 13. The topological polar surface area (TPSA) is 26.0 Å². The molecule has 0 fully saturated rings. The zero-order valence-electron chi connectivity index (χ0n) is 13.4. The van der Waals surface area contributed by atoms with Crippen LogP contribution in [0.2, 0.25) is 0 Å². The van der Waals surface area contributed by atoms with Crippen molar-refractivity contribution in [2.24, 2.45) is 5.73 Å². The molecule has 128 valence electrons. The van der Waals surface area contributed by atoms with Crippen molar-refractivity contribution < 1.29 is 0 Å². The van der Waals surface area contributed by atoms with E-state index in [4.69, 9.17) is 5.73 Å². The van der Waals surface area contributed by atoms with Crippen LogP contribution < -0.4 is 5.73 Å². The molecule has 0 aromatic rings. The largest absolute Gasteiger partial charge is 0.330 e. The van der Waals surface area contributed by atoms with Crippen LogP contribution in [0.5, 0.6) is 0 Å². The Morgan fingerprint density at radius 1 is 0.450 bits per heavy atom. The van der Waals surface area contributed by atoms with Crippen molar-refractivity contribution in [3.63, 3.8) is 0 Å². The molecule has 4 heteroatoms. The van der Waals surface area contributed by atoms with Crippen LogP contribution in [-0.2, 0) is 0 Å². The van der Waals surface area contributed by atoms with Gasteiger partial charge in [0.15, 0.2) is 0 Å². The third kappa shape index (κ3) is 27.2. The SMILES string of the molecule is CCCCCCCCCCCCCCCCN.Cl.Cl.Cl. The van der Waals surface area contributed by atoms with Crippen LogP contribution in [0, 0.1) is 0 Å². The van der Waals surface area contributed by atoms with E-state index in [0.29, 0.717) is 0 Å². The van der Waals surface area contributed by atoms with Gasteiger partial charge in [0.25, 0.3) is 0 Å². The summed E-state index contributed by atoms with van der Waals surface area (Å²) in [6.07, 6.45) is 19.9. The highest BCUT2D eigenvalue weighted by Crippen LogP contribution is 2.12. The molecule has 20 heavy (non-hydrogen) atoms. The maximum absolute atomic E-state index is 5.47. The average Bonchev–Trinajstić information content (AvgIpc) is 2.35. The minimum atomic E-state index is 0. The number of hydrogen-bond donors (Lipinski definition) is 1. The molecule has 0 spiro atoms. The smallest absolute Gasteiger partial charge is 0.00773 e. The summed E-state index contributed by atoms with van der Waals surface area (Å²) in [5.74, 6) is 0. The van der Waals surface area contributed by atoms with Gasteiger partial charge in [-0.15, -0.1) is 37.2 Å². The fourth-order valence-corrected chi connectivity index (χ4v) is 2.34. The molecule has 0 heterocycles. The molecule has 0 saturated heterocycles. The number of halogens is 3. The van der Waals surface area contributed by atoms with E-state index in [1.54, 1.807) is 0 Å². The Morgan fingerprint density at radius 3 is 0.950 bits per heavy atom. The summed E-state index contributed by atoms with van der Waals surface area (Å²) in [6, 6.07) is 0. The molecule has 0 aliphatic rings. The second-order valence-corrected chi connectivity index (χ2v) is 5.38. The van der Waals surface area contributed by atoms with Crippen molar-refractivity contribution in [1.82, 2.24) is 0 Å². The third-order valence-corrected chi connectivity index (χ3v) is 3.56. The lowest BCUT2D eigenvalue weighted by molar-refractivity contribution is 0.536. The molecule has 0 rings (SSSR count). The van der Waals surface area contributed by atoms with Gasteiger partial charge >= 0.3 is 0 Å². The van der Waals surface area contributed by atoms with Crippen LogP contribution in [0.4, 0.5) is 0 Å². The first kappa shape index (κ1) is 28.9. The van der Waals surface area contributed by atoms with E-state index in [1.165, 1.54) is 89.9 Å². The Morgan fingerprint density at radius 2 is 0.700 bits per heavy atom. The Balaban J connectivity index is -0.000000427. The first-order chi connectivity index (χ1) is 8.41. The predicted octanol–water partition coefficient (Wildman–Crippen LogP) is 6.69. The van der Waals surface area contributed by atoms with Crippen molar-refractivity contribution in [2.75, 3.05) is 6.54 Å². The van der Waals surface area contributed by atoms with Gasteiger partial charge in [-0.2, -0.15) is 0 Å². The summed E-state index contributed by atoms with van der Waals surface area (Å²) in [5, 5.41) is 0. The highest BCUT2D eigenvalue weighted by atomic mass is 35.5. The number of rotatable bonds is 14. The second-order valence-electron chi connectivity index (χ2n) is 5.38. The highest BCUT2D eigenvalue weighted by molar-refractivity contribution is 5.86. The van der Waals surface area contributed by atoms with Crippen molar-refractivity contribution >= 4 is 37.2 Å². The Kier molecular flexibility index (Phi) is 40.6. The van der Waals surface area contributed by atoms with Gasteiger partial charge in [0.1, 0.15) is 0 Å². The molecular weight excluding hydrogens is 313 g/mol. The van der Waals surface area contributed by atoms with Gasteiger partial charge in [-0.1, -0.05) is 90.4 Å². The maximum Gasteiger partial charge on any atom is -0.00773 e. The summed E-state index contributed by atoms with van der Waals surface area (Å²) in [7, 11) is 0. The van der Waals surface area contributed by atoms with Gasteiger partial charge in [0.05, 0.1) is 0 Å². The summed E-state index contributed by atoms with van der Waals surface area (Å²) < 4.78 is 0. The monoisotopic (exact) mass is 349 g/mol. The Labute approximate surface area is 146 Å². The van der Waals surface area contributed by atoms with Crippen LogP contribution in [0.15, 0.2) is 0 Å². The predicted molar refractivity (Wildman–Crippen MR) is 101 cm³/mol. The van der Waals surface area contributed by atoms with Crippen LogP contribution in [0.25, 0.3) is 0 Å². The first-order valence-corrected chi connectivity index (χ1v) is 8.12. The molecule has 1 nitrogen and oxygen atoms in total.